The van der Waals surface area contributed by atoms with E-state index in [0.717, 1.165) is 31.6 Å². The fraction of sp³-hybridized carbons (Fsp3) is 0.400. The first kappa shape index (κ1) is 15.3. The molecule has 0 fully saturated rings. The summed E-state index contributed by atoms with van der Waals surface area (Å²) in [7, 11) is 0. The molecule has 1 aliphatic rings. The smallest absolute Gasteiger partial charge is 0.180 e. The molecule has 0 amide bonds. The van der Waals surface area contributed by atoms with Gasteiger partial charge in [0.2, 0.25) is 0 Å². The molecule has 1 unspecified atom stereocenters. The predicted molar refractivity (Wildman–Crippen MR) is 94.2 cm³/mol. The quantitative estimate of drug-likeness (QED) is 0.844. The fourth-order valence-electron chi connectivity index (χ4n) is 2.91. The molecule has 1 atom stereocenters. The number of nitrogens with zero attached hydrogens (tertiary/aromatic N) is 3. The number of anilines is 2. The summed E-state index contributed by atoms with van der Waals surface area (Å²) in [4.78, 5) is 8.23. The summed E-state index contributed by atoms with van der Waals surface area (Å²) in [5.74, 6) is 0. The van der Waals surface area contributed by atoms with Crippen LogP contribution in [0.3, 0.4) is 0 Å². The van der Waals surface area contributed by atoms with Gasteiger partial charge in [0.05, 0.1) is 17.1 Å². The van der Waals surface area contributed by atoms with E-state index in [1.807, 2.05) is 12.1 Å². The summed E-state index contributed by atoms with van der Waals surface area (Å²) in [5.41, 5.74) is 15.5. The van der Waals surface area contributed by atoms with Crippen molar-refractivity contribution in [3.63, 3.8) is 0 Å². The molecule has 0 spiro atoms. The molecule has 2 aromatic rings. The summed E-state index contributed by atoms with van der Waals surface area (Å²) < 4.78 is 3.75. The van der Waals surface area contributed by atoms with Gasteiger partial charge in [0.15, 0.2) is 5.13 Å². The third-order valence-electron chi connectivity index (χ3n) is 4.24. The van der Waals surface area contributed by atoms with Crippen LogP contribution >= 0.6 is 11.3 Å². The Hall–Kier alpha value is -1.57. The average molecular weight is 333 g/mol. The molecule has 0 aliphatic carbocycles. The number of aromatic nitrogens is 1. The molecule has 0 saturated carbocycles. The summed E-state index contributed by atoms with van der Waals surface area (Å²) in [6, 6.07) is 6.23. The molecule has 7 heteroatoms. The Morgan fingerprint density at radius 2 is 2.09 bits per heavy atom. The first-order valence-electron chi connectivity index (χ1n) is 7.29. The Balaban J connectivity index is 1.75. The Kier molecular flexibility index (Phi) is 4.37. The lowest BCUT2D eigenvalue weighted by Crippen LogP contribution is -2.29. The van der Waals surface area contributed by atoms with Gasteiger partial charge in [-0.05, 0) is 31.0 Å². The number of fused-ring (bicyclic) bond motifs is 1. The van der Waals surface area contributed by atoms with Crippen molar-refractivity contribution in [3.8, 4) is 0 Å². The van der Waals surface area contributed by atoms with Crippen molar-refractivity contribution < 1.29 is 0 Å². The molecule has 22 heavy (non-hydrogen) atoms. The lowest BCUT2D eigenvalue weighted by molar-refractivity contribution is 0.221. The lowest BCUT2D eigenvalue weighted by Gasteiger charge is -2.28. The van der Waals surface area contributed by atoms with Crippen LogP contribution < -0.4 is 11.5 Å². The van der Waals surface area contributed by atoms with E-state index in [1.165, 1.54) is 10.4 Å². The van der Waals surface area contributed by atoms with E-state index in [4.69, 9.17) is 23.9 Å². The molecule has 2 heterocycles. The zero-order valence-corrected chi connectivity index (χ0v) is 14.1. The minimum atomic E-state index is 0.299. The first-order valence-corrected chi connectivity index (χ1v) is 8.47. The highest BCUT2D eigenvalue weighted by Gasteiger charge is 2.22. The fourth-order valence-corrected chi connectivity index (χ4v) is 3.95. The van der Waals surface area contributed by atoms with Crippen LogP contribution in [0.25, 0.3) is 0 Å². The van der Waals surface area contributed by atoms with Gasteiger partial charge in [-0.1, -0.05) is 6.07 Å². The van der Waals surface area contributed by atoms with Gasteiger partial charge < -0.3 is 11.5 Å². The van der Waals surface area contributed by atoms with Crippen molar-refractivity contribution in [2.75, 3.05) is 24.6 Å². The maximum Gasteiger partial charge on any atom is 0.180 e. The molecule has 0 saturated heterocycles. The SMILES string of the molecule is CC(c1ccc(N=S)c(N)c1)N1CCc2nc(N)sc2CC1. The maximum absolute atomic E-state index is 6.00. The van der Waals surface area contributed by atoms with Crippen molar-refractivity contribution in [1.82, 2.24) is 9.88 Å². The van der Waals surface area contributed by atoms with E-state index in [2.05, 4.69) is 27.2 Å². The molecule has 0 radical (unpaired) electrons. The average Bonchev–Trinajstić information content (AvgIpc) is 2.75. The monoisotopic (exact) mass is 333 g/mol. The third-order valence-corrected chi connectivity index (χ3v) is 5.42. The van der Waals surface area contributed by atoms with E-state index in [0.29, 0.717) is 22.5 Å². The molecule has 1 aliphatic heterocycles. The van der Waals surface area contributed by atoms with Crippen LogP contribution in [0.4, 0.5) is 16.5 Å². The van der Waals surface area contributed by atoms with Crippen LogP contribution in [0.5, 0.6) is 0 Å². The van der Waals surface area contributed by atoms with E-state index in [9.17, 15) is 0 Å². The van der Waals surface area contributed by atoms with Crippen LogP contribution in [0.2, 0.25) is 0 Å². The molecule has 116 valence electrons. The third kappa shape index (κ3) is 2.97. The molecule has 1 aromatic carbocycles. The Morgan fingerprint density at radius 1 is 1.32 bits per heavy atom. The van der Waals surface area contributed by atoms with Crippen LogP contribution in [0, 0.1) is 0 Å². The van der Waals surface area contributed by atoms with Crippen LogP contribution in [0.1, 0.15) is 29.1 Å². The van der Waals surface area contributed by atoms with Gasteiger partial charge in [0.25, 0.3) is 0 Å². The van der Waals surface area contributed by atoms with Gasteiger partial charge in [-0.25, -0.2) is 4.98 Å². The van der Waals surface area contributed by atoms with Gasteiger partial charge in [-0.2, -0.15) is 4.36 Å². The highest BCUT2D eigenvalue weighted by molar-refractivity contribution is 7.47. The highest BCUT2D eigenvalue weighted by atomic mass is 32.1. The van der Waals surface area contributed by atoms with E-state index in [-0.39, 0.29) is 0 Å². The predicted octanol–water partition coefficient (Wildman–Crippen LogP) is 2.83. The van der Waals surface area contributed by atoms with Gasteiger partial charge >= 0.3 is 0 Å². The van der Waals surface area contributed by atoms with Crippen molar-refractivity contribution in [2.24, 2.45) is 4.36 Å². The second-order valence-corrected chi connectivity index (χ2v) is 6.84. The molecule has 3 rings (SSSR count). The zero-order chi connectivity index (χ0) is 15.7. The Labute approximate surface area is 139 Å². The number of hydrogen-bond acceptors (Lipinski definition) is 7. The Bertz CT molecular complexity index is 672. The molecule has 5 nitrogen and oxygen atoms in total. The number of nitrogens with two attached hydrogens (primary N) is 2. The van der Waals surface area contributed by atoms with Gasteiger partial charge in [0, 0.05) is 42.9 Å². The van der Waals surface area contributed by atoms with E-state index >= 15 is 0 Å². The summed E-state index contributed by atoms with van der Waals surface area (Å²) in [6.07, 6.45) is 1.95. The number of rotatable bonds is 3. The normalized spacial score (nSPS) is 16.8. The first-order chi connectivity index (χ1) is 10.6. The van der Waals surface area contributed by atoms with Crippen LogP contribution in [0.15, 0.2) is 22.6 Å². The molecule has 0 bridgehead atoms. The van der Waals surface area contributed by atoms with Crippen LogP contribution in [-0.4, -0.2) is 23.0 Å². The minimum absolute atomic E-state index is 0.299. The molecular formula is C15H19N5S2. The van der Waals surface area contributed by atoms with E-state index in [1.54, 1.807) is 11.3 Å². The highest BCUT2D eigenvalue weighted by Crippen LogP contribution is 2.31. The summed E-state index contributed by atoms with van der Waals surface area (Å²) in [5, 5.41) is 0.683. The number of nitrogen functional groups attached to an aromatic ring is 2. The minimum Gasteiger partial charge on any atom is -0.397 e. The Morgan fingerprint density at radius 3 is 2.82 bits per heavy atom. The number of hydrogen-bond donors (Lipinski definition) is 2. The van der Waals surface area contributed by atoms with Crippen molar-refractivity contribution >= 4 is 40.3 Å². The standard InChI is InChI=1S/C15H19N5S2/c1-9(10-2-3-12(19-21)11(16)8-10)20-6-4-13-14(5-7-20)22-15(17)18-13/h2-3,8-9H,4-7,16H2,1H3,(H2,17,18). The zero-order valence-electron chi connectivity index (χ0n) is 12.5. The topological polar surface area (TPSA) is 80.5 Å². The second kappa shape index (κ2) is 6.28. The molecular weight excluding hydrogens is 314 g/mol. The van der Waals surface area contributed by atoms with Crippen molar-refractivity contribution in [3.05, 3.63) is 34.3 Å². The largest absolute Gasteiger partial charge is 0.397 e. The second-order valence-electron chi connectivity index (χ2n) is 5.54. The van der Waals surface area contributed by atoms with Crippen molar-refractivity contribution in [2.45, 2.75) is 25.8 Å². The van der Waals surface area contributed by atoms with Crippen molar-refractivity contribution in [1.29, 1.82) is 0 Å². The molecule has 4 N–H and O–H groups in total. The summed E-state index contributed by atoms with van der Waals surface area (Å²) in [6.45, 7) is 4.19. The van der Waals surface area contributed by atoms with Gasteiger partial charge in [-0.15, -0.1) is 11.3 Å². The number of thiazole rings is 1. The number of benzene rings is 1. The lowest BCUT2D eigenvalue weighted by atomic mass is 10.0. The maximum atomic E-state index is 6.00. The van der Waals surface area contributed by atoms with Gasteiger partial charge in [0.1, 0.15) is 0 Å². The molecule has 1 aromatic heterocycles. The van der Waals surface area contributed by atoms with E-state index < -0.39 is 0 Å². The summed E-state index contributed by atoms with van der Waals surface area (Å²) >= 11 is 6.33. The van der Waals surface area contributed by atoms with Crippen LogP contribution in [-0.2, 0) is 25.3 Å². The van der Waals surface area contributed by atoms with Gasteiger partial charge in [-0.3, -0.25) is 4.90 Å².